The third-order valence-electron chi connectivity index (χ3n) is 3.70. The molecule has 0 aliphatic heterocycles. The van der Waals surface area contributed by atoms with Gasteiger partial charge in [0.2, 0.25) is 5.91 Å². The van der Waals surface area contributed by atoms with E-state index in [0.29, 0.717) is 6.42 Å². The Morgan fingerprint density at radius 2 is 2.05 bits per heavy atom. The lowest BCUT2D eigenvalue weighted by atomic mass is 10.0. The maximum atomic E-state index is 12.1. The van der Waals surface area contributed by atoms with Crippen LogP contribution in [0.1, 0.15) is 31.4 Å². The van der Waals surface area contributed by atoms with Crippen molar-refractivity contribution in [2.75, 3.05) is 0 Å². The molecule has 0 fully saturated rings. The molecular formula is C17H22N2O3. The standard InChI is InChI=1S/C17H22N2O3/c1-10(2)7-14(17(21)22)19-15(20)8-12-9-18-16-11(3)5-4-6-13(12)16/h4-6,9-10,14,18H,7-8H2,1-3H3,(H,19,20)(H,21,22)/t14-/m0/s1. The highest BCUT2D eigenvalue weighted by Crippen LogP contribution is 2.21. The van der Waals surface area contributed by atoms with Crippen molar-refractivity contribution in [3.63, 3.8) is 0 Å². The molecule has 118 valence electrons. The van der Waals surface area contributed by atoms with Crippen LogP contribution in [0.15, 0.2) is 24.4 Å². The number of amides is 1. The summed E-state index contributed by atoms with van der Waals surface area (Å²) in [5, 5.41) is 12.8. The van der Waals surface area contributed by atoms with Gasteiger partial charge in [-0.25, -0.2) is 4.79 Å². The number of aryl methyl sites for hydroxylation is 1. The Balaban J connectivity index is 2.10. The van der Waals surface area contributed by atoms with Crippen molar-refractivity contribution in [3.8, 4) is 0 Å². The number of rotatable bonds is 6. The number of benzene rings is 1. The highest BCUT2D eigenvalue weighted by Gasteiger charge is 2.21. The van der Waals surface area contributed by atoms with Gasteiger partial charge in [-0.05, 0) is 30.4 Å². The third kappa shape index (κ3) is 3.67. The molecule has 0 bridgehead atoms. The van der Waals surface area contributed by atoms with Crippen LogP contribution in [0.5, 0.6) is 0 Å². The van der Waals surface area contributed by atoms with Crippen molar-refractivity contribution in [2.45, 2.75) is 39.7 Å². The molecule has 22 heavy (non-hydrogen) atoms. The van der Waals surface area contributed by atoms with Gasteiger partial charge in [0.15, 0.2) is 0 Å². The van der Waals surface area contributed by atoms with Gasteiger partial charge in [-0.2, -0.15) is 0 Å². The zero-order valence-corrected chi connectivity index (χ0v) is 13.1. The summed E-state index contributed by atoms with van der Waals surface area (Å²) in [6, 6.07) is 5.08. The smallest absolute Gasteiger partial charge is 0.326 e. The first-order valence-corrected chi connectivity index (χ1v) is 7.46. The van der Waals surface area contributed by atoms with Crippen LogP contribution in [0.4, 0.5) is 0 Å². The lowest BCUT2D eigenvalue weighted by Gasteiger charge is -2.16. The zero-order valence-electron chi connectivity index (χ0n) is 13.1. The van der Waals surface area contributed by atoms with E-state index in [1.807, 2.05) is 45.2 Å². The summed E-state index contributed by atoms with van der Waals surface area (Å²) < 4.78 is 0. The number of hydrogen-bond donors (Lipinski definition) is 3. The Bertz CT molecular complexity index is 688. The van der Waals surface area contributed by atoms with Crippen molar-refractivity contribution in [1.29, 1.82) is 0 Å². The van der Waals surface area contributed by atoms with Crippen molar-refractivity contribution in [1.82, 2.24) is 10.3 Å². The van der Waals surface area contributed by atoms with Crippen LogP contribution in [0.3, 0.4) is 0 Å². The number of hydrogen-bond acceptors (Lipinski definition) is 2. The summed E-state index contributed by atoms with van der Waals surface area (Å²) in [7, 11) is 0. The Morgan fingerprint density at radius 1 is 1.32 bits per heavy atom. The number of carboxylic acids is 1. The lowest BCUT2D eigenvalue weighted by molar-refractivity contribution is -0.142. The van der Waals surface area contributed by atoms with Gasteiger partial charge in [0, 0.05) is 17.1 Å². The first-order chi connectivity index (χ1) is 10.4. The Morgan fingerprint density at radius 3 is 2.68 bits per heavy atom. The molecule has 0 saturated carbocycles. The van der Waals surface area contributed by atoms with Crippen LogP contribution in [0.2, 0.25) is 0 Å². The predicted octanol–water partition coefficient (Wildman–Crippen LogP) is 2.63. The topological polar surface area (TPSA) is 82.2 Å². The number of carbonyl (C=O) groups is 2. The predicted molar refractivity (Wildman–Crippen MR) is 85.8 cm³/mol. The minimum Gasteiger partial charge on any atom is -0.480 e. The van der Waals surface area contributed by atoms with Crippen LogP contribution < -0.4 is 5.32 Å². The zero-order chi connectivity index (χ0) is 16.3. The van der Waals surface area contributed by atoms with E-state index in [1.54, 1.807) is 0 Å². The van der Waals surface area contributed by atoms with Gasteiger partial charge in [0.1, 0.15) is 6.04 Å². The molecule has 0 aliphatic rings. The molecule has 0 aliphatic carbocycles. The normalized spacial score (nSPS) is 12.5. The number of carbonyl (C=O) groups excluding carboxylic acids is 1. The molecule has 1 atom stereocenters. The third-order valence-corrected chi connectivity index (χ3v) is 3.70. The van der Waals surface area contributed by atoms with E-state index in [-0.39, 0.29) is 18.2 Å². The summed E-state index contributed by atoms with van der Waals surface area (Å²) in [6.07, 6.45) is 2.41. The van der Waals surface area contributed by atoms with Crippen LogP contribution in [-0.4, -0.2) is 28.0 Å². The lowest BCUT2D eigenvalue weighted by Crippen LogP contribution is -2.42. The molecule has 1 aromatic heterocycles. The highest BCUT2D eigenvalue weighted by molar-refractivity contribution is 5.91. The van der Waals surface area contributed by atoms with Gasteiger partial charge in [-0.1, -0.05) is 32.0 Å². The average Bonchev–Trinajstić information content (AvgIpc) is 2.82. The van der Waals surface area contributed by atoms with Crippen molar-refractivity contribution < 1.29 is 14.7 Å². The molecule has 5 nitrogen and oxygen atoms in total. The van der Waals surface area contributed by atoms with Gasteiger partial charge in [0.05, 0.1) is 6.42 Å². The summed E-state index contributed by atoms with van der Waals surface area (Å²) in [5.41, 5.74) is 3.01. The molecule has 2 aromatic rings. The largest absolute Gasteiger partial charge is 0.480 e. The average molecular weight is 302 g/mol. The first kappa shape index (κ1) is 16.1. The Hall–Kier alpha value is -2.30. The van der Waals surface area contributed by atoms with E-state index < -0.39 is 12.0 Å². The van der Waals surface area contributed by atoms with Gasteiger partial charge in [-0.15, -0.1) is 0 Å². The number of aromatic amines is 1. The fraction of sp³-hybridized carbons (Fsp3) is 0.412. The van der Waals surface area contributed by atoms with E-state index in [2.05, 4.69) is 10.3 Å². The summed E-state index contributed by atoms with van der Waals surface area (Å²) >= 11 is 0. The Labute approximate surface area is 129 Å². The van der Waals surface area contributed by atoms with Crippen molar-refractivity contribution >= 4 is 22.8 Å². The van der Waals surface area contributed by atoms with Gasteiger partial charge < -0.3 is 15.4 Å². The van der Waals surface area contributed by atoms with Crippen LogP contribution in [0, 0.1) is 12.8 Å². The fourth-order valence-electron chi connectivity index (χ4n) is 2.62. The number of nitrogens with one attached hydrogen (secondary N) is 2. The monoisotopic (exact) mass is 302 g/mol. The van der Waals surface area contributed by atoms with E-state index in [4.69, 9.17) is 0 Å². The SMILES string of the molecule is Cc1cccc2c(CC(=O)N[C@@H](CC(C)C)C(=O)O)c[nH]c12. The van der Waals surface area contributed by atoms with Crippen LogP contribution in [0.25, 0.3) is 10.9 Å². The number of H-pyrrole nitrogens is 1. The van der Waals surface area contributed by atoms with E-state index >= 15 is 0 Å². The molecule has 1 aromatic carbocycles. The number of carboxylic acid groups (broad SMARTS) is 1. The maximum Gasteiger partial charge on any atom is 0.326 e. The molecule has 0 radical (unpaired) electrons. The quantitative estimate of drug-likeness (QED) is 0.767. The molecule has 3 N–H and O–H groups in total. The van der Waals surface area contributed by atoms with Gasteiger partial charge in [0.25, 0.3) is 0 Å². The van der Waals surface area contributed by atoms with Crippen molar-refractivity contribution in [2.24, 2.45) is 5.92 Å². The second-order valence-corrected chi connectivity index (χ2v) is 6.08. The minimum absolute atomic E-state index is 0.172. The molecular weight excluding hydrogens is 280 g/mol. The molecule has 1 heterocycles. The highest BCUT2D eigenvalue weighted by atomic mass is 16.4. The second kappa shape index (κ2) is 6.64. The molecule has 0 spiro atoms. The Kier molecular flexibility index (Phi) is 4.85. The number of aromatic nitrogens is 1. The van der Waals surface area contributed by atoms with Crippen molar-refractivity contribution in [3.05, 3.63) is 35.5 Å². The van der Waals surface area contributed by atoms with E-state index in [1.165, 1.54) is 0 Å². The summed E-state index contributed by atoms with van der Waals surface area (Å²) in [6.45, 7) is 5.88. The van der Waals surface area contributed by atoms with Crippen LogP contribution in [-0.2, 0) is 16.0 Å². The number of para-hydroxylation sites is 1. The molecule has 2 rings (SSSR count). The molecule has 5 heteroatoms. The first-order valence-electron chi connectivity index (χ1n) is 7.46. The second-order valence-electron chi connectivity index (χ2n) is 6.08. The summed E-state index contributed by atoms with van der Waals surface area (Å²) in [5.74, 6) is -1.05. The van der Waals surface area contributed by atoms with Gasteiger partial charge >= 0.3 is 5.97 Å². The maximum absolute atomic E-state index is 12.1. The molecule has 0 unspecified atom stereocenters. The number of fused-ring (bicyclic) bond motifs is 1. The molecule has 1 amide bonds. The van der Waals surface area contributed by atoms with E-state index in [9.17, 15) is 14.7 Å². The van der Waals surface area contributed by atoms with Crippen LogP contribution >= 0.6 is 0 Å². The molecule has 0 saturated heterocycles. The summed E-state index contributed by atoms with van der Waals surface area (Å²) in [4.78, 5) is 26.5. The van der Waals surface area contributed by atoms with Gasteiger partial charge in [-0.3, -0.25) is 4.79 Å². The van der Waals surface area contributed by atoms with E-state index in [0.717, 1.165) is 22.0 Å². The fourth-order valence-corrected chi connectivity index (χ4v) is 2.62. The minimum atomic E-state index is -0.989. The number of aliphatic carboxylic acids is 1.